The summed E-state index contributed by atoms with van der Waals surface area (Å²) < 4.78 is 6.27. The lowest BCUT2D eigenvalue weighted by Crippen LogP contribution is -2.21. The predicted molar refractivity (Wildman–Crippen MR) is 88.2 cm³/mol. The van der Waals surface area contributed by atoms with E-state index in [-0.39, 0.29) is 0 Å². The molecule has 0 aliphatic carbocycles. The number of nitrogens with one attached hydrogen (secondary N) is 1. The molecule has 2 aromatic carbocycles. The van der Waals surface area contributed by atoms with Gasteiger partial charge in [0.1, 0.15) is 5.75 Å². The maximum absolute atomic E-state index is 5.32. The Labute approximate surface area is 129 Å². The fourth-order valence-electron chi connectivity index (χ4n) is 2.11. The number of rotatable bonds is 6. The van der Waals surface area contributed by atoms with E-state index >= 15 is 0 Å². The summed E-state index contributed by atoms with van der Waals surface area (Å²) in [5.41, 5.74) is 2.37. The molecule has 0 amide bonds. The second-order valence-electron chi connectivity index (χ2n) is 4.67. The van der Waals surface area contributed by atoms with Crippen LogP contribution in [0.2, 0.25) is 0 Å². The van der Waals surface area contributed by atoms with Crippen LogP contribution in [0.4, 0.5) is 5.69 Å². The number of hydrogen-bond donors (Lipinski definition) is 1. The molecule has 2 rings (SSSR count). The van der Waals surface area contributed by atoms with Crippen LogP contribution in [0.1, 0.15) is 12.0 Å². The third-order valence-electron chi connectivity index (χ3n) is 3.20. The van der Waals surface area contributed by atoms with E-state index in [9.17, 15) is 0 Å². The predicted octanol–water partition coefficient (Wildman–Crippen LogP) is 4.71. The summed E-state index contributed by atoms with van der Waals surface area (Å²) in [5, 5.41) is 3.52. The summed E-state index contributed by atoms with van der Waals surface area (Å²) >= 11 is 3.46. The van der Waals surface area contributed by atoms with Gasteiger partial charge in [-0.3, -0.25) is 0 Å². The molecule has 0 aliphatic rings. The molecule has 0 saturated heterocycles. The molecule has 2 aromatic rings. The van der Waals surface area contributed by atoms with Crippen molar-refractivity contribution in [1.29, 1.82) is 0 Å². The number of benzene rings is 2. The first-order valence-electron chi connectivity index (χ1n) is 6.66. The van der Waals surface area contributed by atoms with Crippen LogP contribution in [0.15, 0.2) is 53.0 Å². The molecule has 0 bridgehead atoms. The van der Waals surface area contributed by atoms with Crippen LogP contribution < -0.4 is 10.1 Å². The van der Waals surface area contributed by atoms with Crippen molar-refractivity contribution in [3.05, 3.63) is 65.5 Å². The number of methoxy groups -OCH3 is 1. The van der Waals surface area contributed by atoms with Crippen LogP contribution in [-0.4, -0.2) is 13.2 Å². The lowest BCUT2D eigenvalue weighted by molar-refractivity contribution is 0.412. The van der Waals surface area contributed by atoms with Crippen LogP contribution in [0.3, 0.4) is 0 Å². The van der Waals surface area contributed by atoms with Crippen molar-refractivity contribution in [3.63, 3.8) is 0 Å². The highest BCUT2D eigenvalue weighted by molar-refractivity contribution is 9.10. The standard InChI is InChI=1S/C17H19BrNO/c1-3-14(11-13-7-5-4-6-8-13)19-15-9-10-16(18)17(12-15)20-2/h4-10,12,14,19H,1,3,11H2,2H3. The van der Waals surface area contributed by atoms with Gasteiger partial charge in [0.05, 0.1) is 11.6 Å². The Morgan fingerprint density at radius 2 is 1.95 bits per heavy atom. The average molecular weight is 333 g/mol. The Bertz CT molecular complexity index is 542. The highest BCUT2D eigenvalue weighted by Crippen LogP contribution is 2.28. The molecule has 0 aromatic heterocycles. The minimum absolute atomic E-state index is 0.309. The van der Waals surface area contributed by atoms with E-state index in [4.69, 9.17) is 4.74 Å². The Morgan fingerprint density at radius 1 is 1.20 bits per heavy atom. The first kappa shape index (κ1) is 14.9. The van der Waals surface area contributed by atoms with Crippen molar-refractivity contribution >= 4 is 21.6 Å². The van der Waals surface area contributed by atoms with Gasteiger partial charge in [-0.1, -0.05) is 37.3 Å². The van der Waals surface area contributed by atoms with Crippen molar-refractivity contribution in [1.82, 2.24) is 0 Å². The average Bonchev–Trinajstić information content (AvgIpc) is 2.49. The lowest BCUT2D eigenvalue weighted by Gasteiger charge is -2.19. The molecule has 1 N–H and O–H groups in total. The Kier molecular flexibility index (Phi) is 5.48. The fraction of sp³-hybridized carbons (Fsp3) is 0.235. The van der Waals surface area contributed by atoms with Crippen molar-refractivity contribution in [2.45, 2.75) is 18.9 Å². The molecule has 3 heteroatoms. The van der Waals surface area contributed by atoms with Gasteiger partial charge >= 0.3 is 0 Å². The molecule has 1 unspecified atom stereocenters. The molecule has 1 atom stereocenters. The molecule has 0 aliphatic heterocycles. The van der Waals surface area contributed by atoms with Crippen LogP contribution in [0, 0.1) is 6.92 Å². The van der Waals surface area contributed by atoms with Gasteiger partial charge in [0.2, 0.25) is 0 Å². The molecule has 2 nitrogen and oxygen atoms in total. The van der Waals surface area contributed by atoms with E-state index in [0.717, 1.165) is 28.8 Å². The summed E-state index contributed by atoms with van der Waals surface area (Å²) in [6.45, 7) is 4.04. The maximum atomic E-state index is 5.32. The largest absolute Gasteiger partial charge is 0.495 e. The van der Waals surface area contributed by atoms with Gasteiger partial charge in [-0.15, -0.1) is 0 Å². The van der Waals surface area contributed by atoms with Crippen molar-refractivity contribution < 1.29 is 4.74 Å². The molecule has 0 saturated carbocycles. The van der Waals surface area contributed by atoms with Gasteiger partial charge in [0, 0.05) is 17.8 Å². The first-order chi connectivity index (χ1) is 9.72. The molecule has 0 spiro atoms. The van der Waals surface area contributed by atoms with E-state index in [2.05, 4.69) is 52.4 Å². The number of ether oxygens (including phenoxy) is 1. The van der Waals surface area contributed by atoms with Crippen LogP contribution in [0.25, 0.3) is 0 Å². The zero-order valence-corrected chi connectivity index (χ0v) is 13.2. The lowest BCUT2D eigenvalue weighted by atomic mass is 10.0. The smallest absolute Gasteiger partial charge is 0.135 e. The molecular formula is C17H19BrNO. The summed E-state index contributed by atoms with van der Waals surface area (Å²) in [6, 6.07) is 16.8. The Balaban J connectivity index is 2.06. The van der Waals surface area contributed by atoms with E-state index in [0.29, 0.717) is 6.04 Å². The fourth-order valence-corrected chi connectivity index (χ4v) is 2.52. The normalized spacial score (nSPS) is 11.9. The summed E-state index contributed by atoms with van der Waals surface area (Å²) in [5.74, 6) is 0.831. The SMILES string of the molecule is [CH2]CC(Cc1ccccc1)Nc1ccc(Br)c(OC)c1. The topological polar surface area (TPSA) is 21.3 Å². The third-order valence-corrected chi connectivity index (χ3v) is 3.85. The van der Waals surface area contributed by atoms with Crippen LogP contribution in [0.5, 0.6) is 5.75 Å². The number of anilines is 1. The van der Waals surface area contributed by atoms with Gasteiger partial charge in [-0.25, -0.2) is 0 Å². The van der Waals surface area contributed by atoms with Crippen molar-refractivity contribution in [3.8, 4) is 5.75 Å². The minimum Gasteiger partial charge on any atom is -0.495 e. The van der Waals surface area contributed by atoms with Crippen LogP contribution >= 0.6 is 15.9 Å². The van der Waals surface area contributed by atoms with Gasteiger partial charge < -0.3 is 10.1 Å². The molecular weight excluding hydrogens is 314 g/mol. The zero-order chi connectivity index (χ0) is 14.4. The van der Waals surface area contributed by atoms with Gasteiger partial charge in [0.15, 0.2) is 0 Å². The van der Waals surface area contributed by atoms with E-state index < -0.39 is 0 Å². The monoisotopic (exact) mass is 332 g/mol. The second kappa shape index (κ2) is 7.34. The number of hydrogen-bond acceptors (Lipinski definition) is 2. The van der Waals surface area contributed by atoms with Gasteiger partial charge in [-0.2, -0.15) is 0 Å². The maximum Gasteiger partial charge on any atom is 0.135 e. The molecule has 105 valence electrons. The summed E-state index contributed by atoms with van der Waals surface area (Å²) in [7, 11) is 1.67. The van der Waals surface area contributed by atoms with Crippen molar-refractivity contribution in [2.24, 2.45) is 0 Å². The molecule has 1 radical (unpaired) electrons. The van der Waals surface area contributed by atoms with Crippen molar-refractivity contribution in [2.75, 3.05) is 12.4 Å². The molecule has 0 heterocycles. The van der Waals surface area contributed by atoms with E-state index in [1.54, 1.807) is 7.11 Å². The van der Waals surface area contributed by atoms with Crippen LogP contribution in [-0.2, 0) is 6.42 Å². The zero-order valence-electron chi connectivity index (χ0n) is 11.6. The van der Waals surface area contributed by atoms with Gasteiger partial charge in [0.25, 0.3) is 0 Å². The van der Waals surface area contributed by atoms with Gasteiger partial charge in [-0.05, 0) is 46.5 Å². The summed E-state index contributed by atoms with van der Waals surface area (Å²) in [6.07, 6.45) is 1.79. The first-order valence-corrected chi connectivity index (χ1v) is 7.45. The minimum atomic E-state index is 0.309. The Morgan fingerprint density at radius 3 is 2.60 bits per heavy atom. The second-order valence-corrected chi connectivity index (χ2v) is 5.52. The molecule has 0 fully saturated rings. The Hall–Kier alpha value is -1.48. The number of halogens is 1. The summed E-state index contributed by atoms with van der Waals surface area (Å²) in [4.78, 5) is 0. The highest BCUT2D eigenvalue weighted by atomic mass is 79.9. The molecule has 20 heavy (non-hydrogen) atoms. The van der Waals surface area contributed by atoms with E-state index in [1.165, 1.54) is 5.56 Å². The van der Waals surface area contributed by atoms with E-state index in [1.807, 2.05) is 24.3 Å². The quantitative estimate of drug-likeness (QED) is 0.827. The highest BCUT2D eigenvalue weighted by Gasteiger charge is 2.09. The third kappa shape index (κ3) is 4.01.